The first-order valence-electron chi connectivity index (χ1n) is 12.6. The lowest BCUT2D eigenvalue weighted by Crippen LogP contribution is -2.47. The Kier molecular flexibility index (Phi) is 6.84. The first kappa shape index (κ1) is 23.5. The van der Waals surface area contributed by atoms with Crippen LogP contribution in [0.5, 0.6) is 0 Å². The average Bonchev–Trinajstić information content (AvgIpc) is 3.22. The van der Waals surface area contributed by atoms with Gasteiger partial charge in [0.25, 0.3) is 0 Å². The van der Waals surface area contributed by atoms with E-state index in [-0.39, 0.29) is 35.7 Å². The Morgan fingerprint density at radius 1 is 1.20 bits per heavy atom. The average molecular weight is 478 g/mol. The molecule has 2 N–H and O–H groups in total. The molecule has 1 aromatic carbocycles. The standard InChI is InChI=1S/C28H32FN3O3/c1-2-35-28(34)32-23-9-10-24-19(14-23)12-20-16-31-27(33)26(20)25(24)11-8-22-7-6-18(15-30-22)17-4-3-5-21(29)13-17/h3-8,11,13,15,19-20,23-26H,2,9-10,12,14,16H2,1H3,(H,31,33)(H,32,34)/b11-8+/t19-,20-,23+,24-,25+,26+/m1/s1. The number of carbonyl (C=O) groups excluding carboxylic acids is 2. The Morgan fingerprint density at radius 3 is 2.86 bits per heavy atom. The summed E-state index contributed by atoms with van der Waals surface area (Å²) in [6.45, 7) is 2.91. The van der Waals surface area contributed by atoms with Gasteiger partial charge in [-0.15, -0.1) is 0 Å². The Balaban J connectivity index is 1.32. The third-order valence-electron chi connectivity index (χ3n) is 7.94. The van der Waals surface area contributed by atoms with Crippen LogP contribution in [0.4, 0.5) is 9.18 Å². The van der Waals surface area contributed by atoms with Crippen LogP contribution >= 0.6 is 0 Å². The number of hydrogen-bond acceptors (Lipinski definition) is 4. The van der Waals surface area contributed by atoms with Crippen LogP contribution in [0, 0.1) is 35.4 Å². The van der Waals surface area contributed by atoms with Crippen molar-refractivity contribution in [2.24, 2.45) is 29.6 Å². The van der Waals surface area contributed by atoms with E-state index in [9.17, 15) is 14.0 Å². The number of carbonyl (C=O) groups is 2. The number of pyridine rings is 1. The summed E-state index contributed by atoms with van der Waals surface area (Å²) in [6, 6.07) is 10.5. The molecule has 3 fully saturated rings. The fraction of sp³-hybridized carbons (Fsp3) is 0.464. The number of aromatic nitrogens is 1. The summed E-state index contributed by atoms with van der Waals surface area (Å²) >= 11 is 0. The van der Waals surface area contributed by atoms with E-state index in [2.05, 4.69) is 21.7 Å². The molecule has 0 bridgehead atoms. The molecular formula is C28H32FN3O3. The summed E-state index contributed by atoms with van der Waals surface area (Å²) in [5.74, 6) is 1.22. The molecule has 1 aliphatic heterocycles. The second-order valence-corrected chi connectivity index (χ2v) is 9.98. The third-order valence-corrected chi connectivity index (χ3v) is 7.94. The van der Waals surface area contributed by atoms with Crippen molar-refractivity contribution in [2.75, 3.05) is 13.2 Å². The zero-order chi connectivity index (χ0) is 24.4. The predicted molar refractivity (Wildman–Crippen MR) is 132 cm³/mol. The van der Waals surface area contributed by atoms with Gasteiger partial charge in [-0.05, 0) is 86.1 Å². The molecule has 2 amide bonds. The van der Waals surface area contributed by atoms with Crippen molar-refractivity contribution >= 4 is 18.1 Å². The Bertz CT molecular complexity index is 1100. The minimum atomic E-state index is -0.341. The highest BCUT2D eigenvalue weighted by atomic mass is 19.1. The lowest BCUT2D eigenvalue weighted by atomic mass is 9.58. The Labute approximate surface area is 205 Å². The van der Waals surface area contributed by atoms with E-state index in [1.165, 1.54) is 12.1 Å². The second kappa shape index (κ2) is 10.2. The molecule has 2 aromatic rings. The zero-order valence-electron chi connectivity index (χ0n) is 20.0. The van der Waals surface area contributed by atoms with E-state index in [0.29, 0.717) is 24.4 Å². The number of rotatable bonds is 5. The van der Waals surface area contributed by atoms with Crippen molar-refractivity contribution < 1.29 is 18.7 Å². The SMILES string of the molecule is CCOC(=O)N[C@H]1CC[C@@H]2[C@@H](C1)C[C@@H]1CNC(=O)[C@@H]1[C@H]2/C=C/c1ccc(-c2cccc(F)c2)cn1. The van der Waals surface area contributed by atoms with E-state index >= 15 is 0 Å². The quantitative estimate of drug-likeness (QED) is 0.648. The molecule has 2 aliphatic carbocycles. The van der Waals surface area contributed by atoms with E-state index < -0.39 is 0 Å². The zero-order valence-corrected chi connectivity index (χ0v) is 20.0. The largest absolute Gasteiger partial charge is 0.450 e. The summed E-state index contributed by atoms with van der Waals surface area (Å²) in [5.41, 5.74) is 2.48. The van der Waals surface area contributed by atoms with E-state index in [1.54, 1.807) is 12.3 Å². The first-order valence-corrected chi connectivity index (χ1v) is 12.6. The number of ether oxygens (including phenoxy) is 1. The highest BCUT2D eigenvalue weighted by Gasteiger charge is 2.50. The van der Waals surface area contributed by atoms with Gasteiger partial charge in [0, 0.05) is 30.3 Å². The number of allylic oxidation sites excluding steroid dienone is 1. The van der Waals surface area contributed by atoms with E-state index in [1.807, 2.05) is 31.2 Å². The fourth-order valence-corrected chi connectivity index (χ4v) is 6.42. The molecule has 6 atom stereocenters. The summed E-state index contributed by atoms with van der Waals surface area (Å²) < 4.78 is 18.6. The fourth-order valence-electron chi connectivity index (χ4n) is 6.42. The monoisotopic (exact) mass is 477 g/mol. The van der Waals surface area contributed by atoms with Gasteiger partial charge in [-0.25, -0.2) is 9.18 Å². The van der Waals surface area contributed by atoms with E-state index in [0.717, 1.165) is 49.0 Å². The van der Waals surface area contributed by atoms with Crippen LogP contribution in [0.1, 0.15) is 38.3 Å². The van der Waals surface area contributed by atoms with Crippen LogP contribution in [-0.2, 0) is 9.53 Å². The highest BCUT2D eigenvalue weighted by Crippen LogP contribution is 2.51. The molecule has 0 radical (unpaired) electrons. The van der Waals surface area contributed by atoms with Crippen LogP contribution in [-0.4, -0.2) is 36.2 Å². The number of benzene rings is 1. The van der Waals surface area contributed by atoms with Crippen molar-refractivity contribution in [1.29, 1.82) is 0 Å². The molecule has 5 rings (SSSR count). The predicted octanol–water partition coefficient (Wildman–Crippen LogP) is 4.81. The highest BCUT2D eigenvalue weighted by molar-refractivity contribution is 5.82. The topological polar surface area (TPSA) is 80.3 Å². The van der Waals surface area contributed by atoms with Gasteiger partial charge >= 0.3 is 6.09 Å². The molecule has 184 valence electrons. The summed E-state index contributed by atoms with van der Waals surface area (Å²) in [5, 5.41) is 6.10. The molecule has 7 heteroatoms. The lowest BCUT2D eigenvalue weighted by Gasteiger charge is -2.47. The van der Waals surface area contributed by atoms with Gasteiger partial charge in [0.2, 0.25) is 5.91 Å². The maximum atomic E-state index is 13.6. The number of nitrogens with one attached hydrogen (secondary N) is 2. The number of halogens is 1. The third kappa shape index (κ3) is 5.09. The minimum absolute atomic E-state index is 0.00590. The van der Waals surface area contributed by atoms with Gasteiger partial charge < -0.3 is 15.4 Å². The molecule has 2 saturated carbocycles. The van der Waals surface area contributed by atoms with Gasteiger partial charge in [0.05, 0.1) is 12.3 Å². The van der Waals surface area contributed by atoms with Gasteiger partial charge in [-0.3, -0.25) is 9.78 Å². The van der Waals surface area contributed by atoms with Gasteiger partial charge in [0.1, 0.15) is 5.82 Å². The van der Waals surface area contributed by atoms with Gasteiger partial charge in [-0.1, -0.05) is 24.3 Å². The van der Waals surface area contributed by atoms with Crippen molar-refractivity contribution in [3.63, 3.8) is 0 Å². The number of alkyl carbamates (subject to hydrolysis) is 1. The van der Waals surface area contributed by atoms with Crippen molar-refractivity contribution in [3.8, 4) is 11.1 Å². The maximum absolute atomic E-state index is 13.6. The van der Waals surface area contributed by atoms with Crippen molar-refractivity contribution in [2.45, 2.75) is 38.6 Å². The smallest absolute Gasteiger partial charge is 0.407 e. The van der Waals surface area contributed by atoms with E-state index in [4.69, 9.17) is 4.74 Å². The molecular weight excluding hydrogens is 445 g/mol. The second-order valence-electron chi connectivity index (χ2n) is 9.98. The normalized spacial score (nSPS) is 29.8. The summed E-state index contributed by atoms with van der Waals surface area (Å²) in [6.07, 6.45) is 9.42. The molecule has 6 nitrogen and oxygen atoms in total. The van der Waals surface area contributed by atoms with Crippen molar-refractivity contribution in [1.82, 2.24) is 15.6 Å². The summed E-state index contributed by atoms with van der Waals surface area (Å²) in [7, 11) is 0. The molecule has 0 spiro atoms. The molecule has 3 aliphatic rings. The van der Waals surface area contributed by atoms with Crippen LogP contribution in [0.2, 0.25) is 0 Å². The molecule has 35 heavy (non-hydrogen) atoms. The maximum Gasteiger partial charge on any atom is 0.407 e. The van der Waals surface area contributed by atoms with Crippen LogP contribution in [0.3, 0.4) is 0 Å². The van der Waals surface area contributed by atoms with Gasteiger partial charge in [-0.2, -0.15) is 0 Å². The Morgan fingerprint density at radius 2 is 2.09 bits per heavy atom. The van der Waals surface area contributed by atoms with Crippen molar-refractivity contribution in [3.05, 3.63) is 60.2 Å². The number of nitrogens with zero attached hydrogens (tertiary/aromatic N) is 1. The van der Waals surface area contributed by atoms with Crippen LogP contribution in [0.25, 0.3) is 17.2 Å². The van der Waals surface area contributed by atoms with Crippen LogP contribution in [0.15, 0.2) is 48.7 Å². The van der Waals surface area contributed by atoms with Crippen LogP contribution < -0.4 is 10.6 Å². The Hall–Kier alpha value is -3.22. The summed E-state index contributed by atoms with van der Waals surface area (Å²) in [4.78, 5) is 29.2. The first-order chi connectivity index (χ1) is 17.0. The lowest BCUT2D eigenvalue weighted by molar-refractivity contribution is -0.126. The minimum Gasteiger partial charge on any atom is -0.450 e. The molecule has 2 heterocycles. The molecule has 1 aromatic heterocycles. The molecule has 0 unspecified atom stereocenters. The van der Waals surface area contributed by atoms with Gasteiger partial charge in [0.15, 0.2) is 0 Å². The number of amides is 2. The molecule has 1 saturated heterocycles. The number of hydrogen-bond donors (Lipinski definition) is 2. The number of fused-ring (bicyclic) bond motifs is 2.